The van der Waals surface area contributed by atoms with Crippen LogP contribution in [0.3, 0.4) is 0 Å². The number of hydrogen-bond acceptors (Lipinski definition) is 3. The molecule has 16 heavy (non-hydrogen) atoms. The minimum Gasteiger partial charge on any atom is -0.258 e. The summed E-state index contributed by atoms with van der Waals surface area (Å²) < 4.78 is 13.0. The van der Waals surface area contributed by atoms with Gasteiger partial charge in [0, 0.05) is 11.0 Å². The molecule has 0 radical (unpaired) electrons. The predicted octanol–water partition coefficient (Wildman–Crippen LogP) is 4.02. The summed E-state index contributed by atoms with van der Waals surface area (Å²) in [5.41, 5.74) is -0.182. The van der Waals surface area contributed by atoms with Crippen molar-refractivity contribution < 1.29 is 9.31 Å². The van der Waals surface area contributed by atoms with Crippen molar-refractivity contribution in [1.29, 1.82) is 0 Å². The van der Waals surface area contributed by atoms with Crippen molar-refractivity contribution in [2.75, 3.05) is 5.75 Å². The zero-order valence-electron chi connectivity index (χ0n) is 9.11. The smallest absolute Gasteiger partial charge is 0.258 e. The molecular formula is C11H14FNO2S. The van der Waals surface area contributed by atoms with Crippen LogP contribution in [0.1, 0.15) is 26.2 Å². The molecule has 0 aliphatic carbocycles. The van der Waals surface area contributed by atoms with Crippen LogP contribution in [0.15, 0.2) is 23.1 Å². The molecule has 1 rings (SSSR count). The molecule has 0 aliphatic rings. The molecule has 0 fully saturated rings. The third-order valence-electron chi connectivity index (χ3n) is 2.08. The molecule has 0 saturated heterocycles. The lowest BCUT2D eigenvalue weighted by atomic mass is 10.3. The van der Waals surface area contributed by atoms with Crippen molar-refractivity contribution in [1.82, 2.24) is 0 Å². The molecule has 0 atom stereocenters. The number of hydrogen-bond donors (Lipinski definition) is 0. The van der Waals surface area contributed by atoms with E-state index in [2.05, 4.69) is 6.92 Å². The van der Waals surface area contributed by atoms with E-state index in [1.807, 2.05) is 0 Å². The van der Waals surface area contributed by atoms with Gasteiger partial charge in [0.2, 0.25) is 0 Å². The van der Waals surface area contributed by atoms with Gasteiger partial charge in [-0.25, -0.2) is 4.39 Å². The van der Waals surface area contributed by atoms with Crippen LogP contribution in [0.5, 0.6) is 0 Å². The van der Waals surface area contributed by atoms with Gasteiger partial charge in [-0.05, 0) is 18.2 Å². The van der Waals surface area contributed by atoms with E-state index in [1.54, 1.807) is 0 Å². The van der Waals surface area contributed by atoms with E-state index in [0.717, 1.165) is 31.1 Å². The first-order chi connectivity index (χ1) is 7.63. The Morgan fingerprint density at radius 3 is 2.75 bits per heavy atom. The molecular weight excluding hydrogens is 229 g/mol. The zero-order chi connectivity index (χ0) is 12.0. The van der Waals surface area contributed by atoms with Crippen LogP contribution in [0.2, 0.25) is 0 Å². The van der Waals surface area contributed by atoms with E-state index in [4.69, 9.17) is 0 Å². The van der Waals surface area contributed by atoms with E-state index in [0.29, 0.717) is 4.90 Å². The SMILES string of the molecule is CCCCCSc1cc(F)cc([N+](=O)[O-])c1. The molecule has 0 bridgehead atoms. The van der Waals surface area contributed by atoms with Crippen LogP contribution >= 0.6 is 11.8 Å². The van der Waals surface area contributed by atoms with E-state index in [-0.39, 0.29) is 5.69 Å². The number of benzene rings is 1. The summed E-state index contributed by atoms with van der Waals surface area (Å²) in [6, 6.07) is 3.69. The van der Waals surface area contributed by atoms with Gasteiger partial charge in [-0.2, -0.15) is 0 Å². The second-order valence-electron chi connectivity index (χ2n) is 3.46. The lowest BCUT2D eigenvalue weighted by molar-refractivity contribution is -0.385. The molecule has 0 amide bonds. The van der Waals surface area contributed by atoms with E-state index in [1.165, 1.54) is 23.9 Å². The van der Waals surface area contributed by atoms with Crippen LogP contribution in [-0.4, -0.2) is 10.7 Å². The fourth-order valence-electron chi connectivity index (χ4n) is 1.28. The number of non-ortho nitro benzene ring substituents is 1. The number of halogens is 1. The second kappa shape index (κ2) is 6.48. The number of nitrogens with zero attached hydrogens (tertiary/aromatic N) is 1. The Hall–Kier alpha value is -1.10. The number of unbranched alkanes of at least 4 members (excludes halogenated alkanes) is 2. The van der Waals surface area contributed by atoms with Gasteiger partial charge in [0.1, 0.15) is 5.82 Å². The minimum absolute atomic E-state index is 0.182. The molecule has 0 saturated carbocycles. The first-order valence-electron chi connectivity index (χ1n) is 5.21. The first-order valence-corrected chi connectivity index (χ1v) is 6.20. The molecule has 0 unspecified atom stereocenters. The first kappa shape index (κ1) is 13.0. The van der Waals surface area contributed by atoms with Crippen molar-refractivity contribution in [2.45, 2.75) is 31.1 Å². The Morgan fingerprint density at radius 1 is 1.38 bits per heavy atom. The molecule has 3 nitrogen and oxygen atoms in total. The van der Waals surface area contributed by atoms with Crippen molar-refractivity contribution in [3.05, 3.63) is 34.1 Å². The van der Waals surface area contributed by atoms with Crippen LogP contribution in [0.4, 0.5) is 10.1 Å². The van der Waals surface area contributed by atoms with E-state index >= 15 is 0 Å². The van der Waals surface area contributed by atoms with Crippen LogP contribution in [0.25, 0.3) is 0 Å². The van der Waals surface area contributed by atoms with Crippen molar-refractivity contribution in [3.63, 3.8) is 0 Å². The largest absolute Gasteiger partial charge is 0.273 e. The molecule has 88 valence electrons. The molecule has 1 aromatic carbocycles. The summed E-state index contributed by atoms with van der Waals surface area (Å²) in [4.78, 5) is 10.6. The van der Waals surface area contributed by atoms with Gasteiger partial charge >= 0.3 is 0 Å². The fourth-order valence-corrected chi connectivity index (χ4v) is 2.26. The average molecular weight is 243 g/mol. The van der Waals surface area contributed by atoms with Gasteiger partial charge in [0.15, 0.2) is 0 Å². The van der Waals surface area contributed by atoms with Crippen molar-refractivity contribution in [2.24, 2.45) is 0 Å². The predicted molar refractivity (Wildman–Crippen MR) is 63.3 cm³/mol. The number of rotatable bonds is 6. The highest BCUT2D eigenvalue weighted by molar-refractivity contribution is 7.99. The molecule has 0 aromatic heterocycles. The maximum absolute atomic E-state index is 13.0. The minimum atomic E-state index is -0.570. The third kappa shape index (κ3) is 4.18. The maximum Gasteiger partial charge on any atom is 0.273 e. The topological polar surface area (TPSA) is 43.1 Å². The van der Waals surface area contributed by atoms with Crippen LogP contribution in [-0.2, 0) is 0 Å². The average Bonchev–Trinajstić information content (AvgIpc) is 2.23. The van der Waals surface area contributed by atoms with E-state index < -0.39 is 10.7 Å². The third-order valence-corrected chi connectivity index (χ3v) is 3.15. The highest BCUT2D eigenvalue weighted by Gasteiger charge is 2.09. The van der Waals surface area contributed by atoms with Gasteiger partial charge in [0.25, 0.3) is 5.69 Å². The van der Waals surface area contributed by atoms with Gasteiger partial charge in [-0.15, -0.1) is 11.8 Å². The second-order valence-corrected chi connectivity index (χ2v) is 4.63. The van der Waals surface area contributed by atoms with Crippen molar-refractivity contribution in [3.8, 4) is 0 Å². The molecule has 5 heteroatoms. The van der Waals surface area contributed by atoms with Gasteiger partial charge < -0.3 is 0 Å². The molecule has 0 spiro atoms. The quantitative estimate of drug-likeness (QED) is 0.328. The highest BCUT2D eigenvalue weighted by Crippen LogP contribution is 2.25. The Kier molecular flexibility index (Phi) is 5.25. The van der Waals surface area contributed by atoms with Gasteiger partial charge in [0.05, 0.1) is 11.0 Å². The number of thioether (sulfide) groups is 1. The monoisotopic (exact) mass is 243 g/mol. The molecule has 1 aromatic rings. The Balaban J connectivity index is 2.62. The summed E-state index contributed by atoms with van der Waals surface area (Å²) in [5.74, 6) is 0.321. The zero-order valence-corrected chi connectivity index (χ0v) is 9.93. The van der Waals surface area contributed by atoms with Gasteiger partial charge in [-0.1, -0.05) is 19.8 Å². The Labute approximate surface area is 98.2 Å². The highest BCUT2D eigenvalue weighted by atomic mass is 32.2. The standard InChI is InChI=1S/C11H14FNO2S/c1-2-3-4-5-16-11-7-9(12)6-10(8-11)13(14)15/h6-8H,2-5H2,1H3. The Bertz CT molecular complexity index is 371. The van der Waals surface area contributed by atoms with E-state index in [9.17, 15) is 14.5 Å². The summed E-state index contributed by atoms with van der Waals surface area (Å²) >= 11 is 1.46. The number of nitro groups is 1. The Morgan fingerprint density at radius 2 is 2.12 bits per heavy atom. The fraction of sp³-hybridized carbons (Fsp3) is 0.455. The normalized spacial score (nSPS) is 10.4. The van der Waals surface area contributed by atoms with Crippen LogP contribution in [0, 0.1) is 15.9 Å². The lowest BCUT2D eigenvalue weighted by Gasteiger charge is -2.01. The maximum atomic E-state index is 13.0. The summed E-state index contributed by atoms with van der Waals surface area (Å²) in [6.45, 7) is 2.11. The van der Waals surface area contributed by atoms with Crippen molar-refractivity contribution >= 4 is 17.4 Å². The summed E-state index contributed by atoms with van der Waals surface area (Å²) in [5, 5.41) is 10.5. The number of nitro benzene ring substituents is 1. The van der Waals surface area contributed by atoms with Crippen LogP contribution < -0.4 is 0 Å². The summed E-state index contributed by atoms with van der Waals surface area (Å²) in [6.07, 6.45) is 3.31. The van der Waals surface area contributed by atoms with Gasteiger partial charge in [-0.3, -0.25) is 10.1 Å². The molecule has 0 heterocycles. The summed E-state index contributed by atoms with van der Waals surface area (Å²) in [7, 11) is 0. The molecule has 0 aliphatic heterocycles. The lowest BCUT2D eigenvalue weighted by Crippen LogP contribution is -1.90. The molecule has 0 N–H and O–H groups in total.